The van der Waals surface area contributed by atoms with Crippen LogP contribution in [-0.2, 0) is 4.84 Å². The minimum Gasteiger partial charge on any atom is -0.323 e. The van der Waals surface area contributed by atoms with E-state index in [-0.39, 0.29) is 5.41 Å². The predicted octanol–water partition coefficient (Wildman–Crippen LogP) is 2.50. The Kier molecular flexibility index (Phi) is 6.40. The van der Waals surface area contributed by atoms with Gasteiger partial charge in [0.15, 0.2) is 0 Å². The third-order valence-electron chi connectivity index (χ3n) is 1.85. The van der Waals surface area contributed by atoms with Crippen LogP contribution in [0.15, 0.2) is 5.16 Å². The first kappa shape index (κ1) is 14.3. The molecule has 0 aliphatic heterocycles. The summed E-state index contributed by atoms with van der Waals surface area (Å²) in [6.07, 6.45) is 2.35. The van der Waals surface area contributed by atoms with Gasteiger partial charge in [-0.25, -0.2) is 4.79 Å². The standard InChI is InChI=1S/C10H20N2O2S/c1-10(2,3)8(6-7-15-5)12-14-9(13)11-4/h6-7H2,1-5H3,(H,11,13)/b12-8-. The third-order valence-corrected chi connectivity index (χ3v) is 2.46. The van der Waals surface area contributed by atoms with E-state index in [1.54, 1.807) is 11.8 Å². The number of nitrogens with zero attached hydrogens (tertiary/aromatic N) is 1. The first-order chi connectivity index (χ1) is 6.91. The Morgan fingerprint density at radius 3 is 2.47 bits per heavy atom. The van der Waals surface area contributed by atoms with E-state index in [0.29, 0.717) is 0 Å². The lowest BCUT2D eigenvalue weighted by molar-refractivity contribution is 0.151. The molecule has 0 aliphatic carbocycles. The molecule has 0 radical (unpaired) electrons. The average molecular weight is 232 g/mol. The first-order valence-corrected chi connectivity index (χ1v) is 6.26. The zero-order valence-corrected chi connectivity index (χ0v) is 10.9. The monoisotopic (exact) mass is 232 g/mol. The molecule has 0 saturated heterocycles. The minimum absolute atomic E-state index is 0.0657. The van der Waals surface area contributed by atoms with Crippen molar-refractivity contribution < 1.29 is 9.63 Å². The first-order valence-electron chi connectivity index (χ1n) is 4.86. The summed E-state index contributed by atoms with van der Waals surface area (Å²) in [6, 6.07) is 0. The number of thioether (sulfide) groups is 1. The number of rotatable bonds is 4. The second kappa shape index (κ2) is 6.71. The largest absolute Gasteiger partial charge is 0.433 e. The molecule has 0 aromatic heterocycles. The predicted molar refractivity (Wildman–Crippen MR) is 65.4 cm³/mol. The summed E-state index contributed by atoms with van der Waals surface area (Å²) in [5.74, 6) is 0.979. The van der Waals surface area contributed by atoms with Crippen molar-refractivity contribution in [3.05, 3.63) is 0 Å². The van der Waals surface area contributed by atoms with E-state index in [1.165, 1.54) is 7.05 Å². The van der Waals surface area contributed by atoms with Crippen molar-refractivity contribution in [1.82, 2.24) is 5.32 Å². The second-order valence-corrected chi connectivity index (χ2v) is 5.15. The van der Waals surface area contributed by atoms with Gasteiger partial charge in [-0.2, -0.15) is 11.8 Å². The smallest absolute Gasteiger partial charge is 0.323 e. The van der Waals surface area contributed by atoms with Gasteiger partial charge in [0, 0.05) is 12.5 Å². The zero-order valence-electron chi connectivity index (χ0n) is 10.1. The van der Waals surface area contributed by atoms with Gasteiger partial charge in [-0.05, 0) is 18.4 Å². The topological polar surface area (TPSA) is 50.7 Å². The lowest BCUT2D eigenvalue weighted by atomic mass is 9.88. The highest BCUT2D eigenvalue weighted by Gasteiger charge is 2.19. The van der Waals surface area contributed by atoms with E-state index in [1.807, 2.05) is 6.26 Å². The maximum atomic E-state index is 10.9. The lowest BCUT2D eigenvalue weighted by Gasteiger charge is -2.20. The van der Waals surface area contributed by atoms with Gasteiger partial charge in [0.25, 0.3) is 0 Å². The van der Waals surface area contributed by atoms with Crippen molar-refractivity contribution in [2.24, 2.45) is 10.6 Å². The summed E-state index contributed by atoms with van der Waals surface area (Å²) in [7, 11) is 1.51. The van der Waals surface area contributed by atoms with Crippen LogP contribution >= 0.6 is 11.8 Å². The van der Waals surface area contributed by atoms with Gasteiger partial charge >= 0.3 is 6.09 Å². The maximum absolute atomic E-state index is 10.9. The Balaban J connectivity index is 4.41. The summed E-state index contributed by atoms with van der Waals surface area (Å²) in [4.78, 5) is 15.6. The fraction of sp³-hybridized carbons (Fsp3) is 0.800. The number of hydrogen-bond donors (Lipinski definition) is 1. The van der Waals surface area contributed by atoms with Gasteiger partial charge in [0.2, 0.25) is 0 Å². The van der Waals surface area contributed by atoms with E-state index in [2.05, 4.69) is 31.2 Å². The van der Waals surface area contributed by atoms with Crippen LogP contribution in [0.1, 0.15) is 27.2 Å². The van der Waals surface area contributed by atoms with Gasteiger partial charge in [-0.15, -0.1) is 0 Å². The minimum atomic E-state index is -0.527. The molecule has 15 heavy (non-hydrogen) atoms. The molecule has 1 amide bonds. The SMILES string of the molecule is CNC(=O)O/N=C(/CCSC)C(C)(C)C. The quantitative estimate of drug-likeness (QED) is 0.460. The van der Waals surface area contributed by atoms with Crippen LogP contribution in [-0.4, -0.2) is 30.9 Å². The lowest BCUT2D eigenvalue weighted by Crippen LogP contribution is -2.24. The molecule has 0 aromatic rings. The molecule has 0 bridgehead atoms. The van der Waals surface area contributed by atoms with Crippen LogP contribution in [0.5, 0.6) is 0 Å². The molecule has 0 rings (SSSR count). The van der Waals surface area contributed by atoms with E-state index in [4.69, 9.17) is 4.84 Å². The van der Waals surface area contributed by atoms with Crippen molar-refractivity contribution in [1.29, 1.82) is 0 Å². The fourth-order valence-corrected chi connectivity index (χ4v) is 1.30. The number of oxime groups is 1. The van der Waals surface area contributed by atoms with E-state index in [9.17, 15) is 4.79 Å². The number of amides is 1. The zero-order chi connectivity index (χ0) is 11.9. The molecule has 0 fully saturated rings. The summed E-state index contributed by atoms with van der Waals surface area (Å²) in [5.41, 5.74) is 0.837. The van der Waals surface area contributed by atoms with E-state index in [0.717, 1.165) is 17.9 Å². The molecule has 0 aliphatic rings. The molecule has 0 aromatic carbocycles. The van der Waals surface area contributed by atoms with Crippen molar-refractivity contribution in [2.45, 2.75) is 27.2 Å². The van der Waals surface area contributed by atoms with Crippen LogP contribution in [0.3, 0.4) is 0 Å². The van der Waals surface area contributed by atoms with Crippen LogP contribution in [0.4, 0.5) is 4.79 Å². The molecular weight excluding hydrogens is 212 g/mol. The summed E-state index contributed by atoms with van der Waals surface area (Å²) >= 11 is 1.75. The molecular formula is C10H20N2O2S. The van der Waals surface area contributed by atoms with Gasteiger partial charge in [0.05, 0.1) is 5.71 Å². The fourth-order valence-electron chi connectivity index (χ4n) is 0.899. The van der Waals surface area contributed by atoms with Gasteiger partial charge in [0.1, 0.15) is 0 Å². The van der Waals surface area contributed by atoms with E-state index < -0.39 is 6.09 Å². The molecule has 0 unspecified atom stereocenters. The average Bonchev–Trinajstić information content (AvgIpc) is 2.15. The summed E-state index contributed by atoms with van der Waals surface area (Å²) in [6.45, 7) is 6.16. The summed E-state index contributed by atoms with van der Waals surface area (Å²) < 4.78 is 0. The van der Waals surface area contributed by atoms with Gasteiger partial charge in [-0.1, -0.05) is 25.9 Å². The van der Waals surface area contributed by atoms with Crippen LogP contribution in [0, 0.1) is 5.41 Å². The van der Waals surface area contributed by atoms with Gasteiger partial charge < -0.3 is 5.32 Å². The second-order valence-electron chi connectivity index (χ2n) is 4.16. The highest BCUT2D eigenvalue weighted by Crippen LogP contribution is 2.19. The van der Waals surface area contributed by atoms with Crippen molar-refractivity contribution in [2.75, 3.05) is 19.1 Å². The molecule has 0 saturated carbocycles. The normalized spacial score (nSPS) is 12.5. The Bertz CT molecular complexity index is 234. The van der Waals surface area contributed by atoms with E-state index >= 15 is 0 Å². The number of hydrogen-bond acceptors (Lipinski definition) is 4. The Labute approximate surface area is 95.8 Å². The van der Waals surface area contributed by atoms with Crippen molar-refractivity contribution in [3.63, 3.8) is 0 Å². The molecule has 0 atom stereocenters. The molecule has 5 heteroatoms. The maximum Gasteiger partial charge on any atom is 0.433 e. The number of carbonyl (C=O) groups excluding carboxylic acids is 1. The Morgan fingerprint density at radius 1 is 1.47 bits per heavy atom. The van der Waals surface area contributed by atoms with Crippen molar-refractivity contribution in [3.8, 4) is 0 Å². The van der Waals surface area contributed by atoms with Gasteiger partial charge in [-0.3, -0.25) is 4.84 Å². The Morgan fingerprint density at radius 2 is 2.07 bits per heavy atom. The van der Waals surface area contributed by atoms with Crippen LogP contribution < -0.4 is 5.32 Å². The van der Waals surface area contributed by atoms with Crippen LogP contribution in [0.2, 0.25) is 0 Å². The Hall–Kier alpha value is -0.710. The molecule has 4 nitrogen and oxygen atoms in total. The molecule has 0 heterocycles. The highest BCUT2D eigenvalue weighted by molar-refractivity contribution is 7.98. The van der Waals surface area contributed by atoms with Crippen molar-refractivity contribution >= 4 is 23.6 Å². The number of carbonyl (C=O) groups is 1. The number of nitrogens with one attached hydrogen (secondary N) is 1. The molecule has 0 spiro atoms. The van der Waals surface area contributed by atoms with Crippen LogP contribution in [0.25, 0.3) is 0 Å². The molecule has 88 valence electrons. The molecule has 1 N–H and O–H groups in total. The highest BCUT2D eigenvalue weighted by atomic mass is 32.2. The third kappa shape index (κ3) is 6.38. The summed E-state index contributed by atoms with van der Waals surface area (Å²) in [5, 5.41) is 6.25.